The lowest BCUT2D eigenvalue weighted by molar-refractivity contribution is -0.134. The minimum atomic E-state index is -1.58. The predicted octanol–water partition coefficient (Wildman–Crippen LogP) is 8.22. The number of rotatable bonds is 49. The normalized spacial score (nSPS) is 18.4. The van der Waals surface area contributed by atoms with Gasteiger partial charge in [0.25, 0.3) is 11.8 Å². The molecular formula is C86H115N9O23. The van der Waals surface area contributed by atoms with Crippen LogP contribution in [-0.4, -0.2) is 261 Å². The van der Waals surface area contributed by atoms with Crippen molar-refractivity contribution in [1.29, 1.82) is 0 Å². The van der Waals surface area contributed by atoms with Crippen LogP contribution in [0, 0.1) is 5.92 Å². The number of fused-ring (bicyclic) bond motifs is 4. The van der Waals surface area contributed by atoms with Gasteiger partial charge < -0.3 is 108 Å². The quantitative estimate of drug-likeness (QED) is 0.0227. The van der Waals surface area contributed by atoms with Gasteiger partial charge in [0.15, 0.2) is 29.2 Å². The summed E-state index contributed by atoms with van der Waals surface area (Å²) in [5, 5.41) is 34.2. The minimum absolute atomic E-state index is 0.0170. The van der Waals surface area contributed by atoms with Gasteiger partial charge in [-0.3, -0.25) is 38.6 Å². The summed E-state index contributed by atoms with van der Waals surface area (Å²) in [6.45, 7) is 16.7. The summed E-state index contributed by atoms with van der Waals surface area (Å²) < 4.78 is 74.1. The number of aliphatic hydroxyl groups excluding tert-OH is 2. The maximum atomic E-state index is 14.4. The molecule has 32 nitrogen and oxygen atoms in total. The first-order valence-electron chi connectivity index (χ1n) is 40.2. The highest BCUT2D eigenvalue weighted by Crippen LogP contribution is 2.47. The molecule has 5 heterocycles. The molecule has 4 aromatic rings. The fourth-order valence-electron chi connectivity index (χ4n) is 13.8. The number of aliphatic imine (C=N–C) groups is 1. The summed E-state index contributed by atoms with van der Waals surface area (Å²) in [6, 6.07) is 27.7. The van der Waals surface area contributed by atoms with Crippen LogP contribution in [-0.2, 0) is 73.2 Å². The molecule has 0 radical (unpaired) electrons. The molecule has 8 amide bonds. The number of hydrogen-bond acceptors (Lipinski definition) is 24. The molecule has 1 saturated heterocycles. The Balaban J connectivity index is 0.573. The Kier molecular flexibility index (Phi) is 36.9. The van der Waals surface area contributed by atoms with E-state index in [1.54, 1.807) is 74.5 Å². The fourth-order valence-corrected chi connectivity index (χ4v) is 13.8. The highest BCUT2D eigenvalue weighted by atomic mass is 16.6. The Bertz CT molecular complexity index is 4140. The van der Waals surface area contributed by atoms with Crippen LogP contribution >= 0.6 is 0 Å². The third-order valence-electron chi connectivity index (χ3n) is 20.1. The number of ether oxygens (including phenoxy) is 13. The number of anilines is 2. The number of likely N-dealkylation sites (tertiary alicyclic amines) is 1. The van der Waals surface area contributed by atoms with E-state index in [0.29, 0.717) is 152 Å². The number of carbonyl (C=O) groups excluding carboxylic acids is 8. The van der Waals surface area contributed by atoms with Gasteiger partial charge in [-0.15, -0.1) is 0 Å². The lowest BCUT2D eigenvalue weighted by Crippen LogP contribution is -2.58. The number of aliphatic hydroxyl groups is 2. The predicted molar refractivity (Wildman–Crippen MR) is 436 cm³/mol. The molecule has 5 aliphatic rings. The first-order chi connectivity index (χ1) is 57.1. The number of benzene rings is 3. The third-order valence-corrected chi connectivity index (χ3v) is 20.1. The van der Waals surface area contributed by atoms with Crippen molar-refractivity contribution in [3.63, 3.8) is 0 Å². The van der Waals surface area contributed by atoms with Crippen molar-refractivity contribution >= 4 is 70.7 Å². The van der Waals surface area contributed by atoms with E-state index in [2.05, 4.69) is 26.3 Å². The molecule has 7 atom stereocenters. The Morgan fingerprint density at radius 3 is 1.70 bits per heavy atom. The largest absolute Gasteiger partial charge is 0.493 e. The molecule has 9 rings (SSSR count). The van der Waals surface area contributed by atoms with E-state index in [0.717, 1.165) is 28.0 Å². The van der Waals surface area contributed by atoms with E-state index >= 15 is 0 Å². The first-order valence-corrected chi connectivity index (χ1v) is 40.2. The summed E-state index contributed by atoms with van der Waals surface area (Å²) >= 11 is 0. The molecule has 4 aromatic carbocycles. The smallest absolute Gasteiger partial charge is 0.416 e. The molecule has 118 heavy (non-hydrogen) atoms. The average molecular weight is 1640 g/mol. The maximum Gasteiger partial charge on any atom is 0.416 e. The zero-order chi connectivity index (χ0) is 84.4. The summed E-state index contributed by atoms with van der Waals surface area (Å²) in [4.78, 5) is 118. The summed E-state index contributed by atoms with van der Waals surface area (Å²) in [5.41, 5.74) is 3.44. The van der Waals surface area contributed by atoms with Crippen molar-refractivity contribution in [2.24, 2.45) is 10.9 Å². The number of unbranched alkanes of at least 4 members (excludes halogenated alkanes) is 2. The van der Waals surface area contributed by atoms with Gasteiger partial charge in [-0.1, -0.05) is 91.7 Å². The number of amides is 8. The molecule has 0 saturated carbocycles. The summed E-state index contributed by atoms with van der Waals surface area (Å²) in [7, 11) is 2.96. The second-order valence-corrected chi connectivity index (χ2v) is 29.5. The zero-order valence-electron chi connectivity index (χ0n) is 68.8. The van der Waals surface area contributed by atoms with E-state index in [9.17, 15) is 48.6 Å². The van der Waals surface area contributed by atoms with Gasteiger partial charge in [-0.25, -0.2) is 9.69 Å². The van der Waals surface area contributed by atoms with E-state index in [1.807, 2.05) is 74.6 Å². The van der Waals surface area contributed by atoms with Gasteiger partial charge in [0.1, 0.15) is 24.9 Å². The van der Waals surface area contributed by atoms with Gasteiger partial charge in [0.05, 0.1) is 167 Å². The van der Waals surface area contributed by atoms with Crippen LogP contribution in [0.15, 0.2) is 132 Å². The molecule has 0 aliphatic carbocycles. The first kappa shape index (κ1) is 91.8. The monoisotopic (exact) mass is 1640 g/mol. The molecule has 2 unspecified atom stereocenters. The highest BCUT2D eigenvalue weighted by molar-refractivity contribution is 6.07. The SMILES string of the molecule is COc1cc2c(cc1OCCCCCOc1cc3c(cc1OC)C(=O)N1C=C(C)C[C@@]1(C)[C@H](O)N3C(=O)OCc1ccc(NC(=O)[C@H](C)NC(=O)[C@@H](NC(=O)CCOCCOCCOCCOCCOCCOCCOCCOCCNC(=O)CCN3C(=O)CC(c4ccccccccc4)C3O)C(C)C)cc1)N=C[C@@H]1CC(C)=CN1C2=O. The van der Waals surface area contributed by atoms with Crippen molar-refractivity contribution in [2.45, 2.75) is 142 Å². The number of hydrogen-bond donors (Lipinski definition) is 6. The van der Waals surface area contributed by atoms with E-state index in [4.69, 9.17) is 61.6 Å². The van der Waals surface area contributed by atoms with Crippen molar-refractivity contribution in [3.8, 4) is 23.0 Å². The molecule has 0 spiro atoms. The number of carbonyl (C=O) groups is 8. The second-order valence-electron chi connectivity index (χ2n) is 29.5. The van der Waals surface area contributed by atoms with Crippen LogP contribution in [0.5, 0.6) is 23.0 Å². The number of methoxy groups -OCH3 is 2. The Labute approximate surface area is 689 Å². The molecule has 1 fully saturated rings. The lowest BCUT2D eigenvalue weighted by Gasteiger charge is -2.40. The van der Waals surface area contributed by atoms with Crippen LogP contribution in [0.1, 0.15) is 131 Å². The molecule has 5 aliphatic heterocycles. The number of nitrogens with one attached hydrogen (secondary N) is 4. The van der Waals surface area contributed by atoms with E-state index in [-0.39, 0.29) is 124 Å². The fraction of sp³-hybridized carbons (Fsp3) is 0.523. The molecule has 0 aromatic heterocycles. The van der Waals surface area contributed by atoms with Gasteiger partial charge >= 0.3 is 6.09 Å². The van der Waals surface area contributed by atoms with Crippen LogP contribution in [0.25, 0.3) is 0 Å². The Morgan fingerprint density at radius 1 is 0.576 bits per heavy atom. The molecule has 6 N–H and O–H groups in total. The summed E-state index contributed by atoms with van der Waals surface area (Å²) in [5.74, 6) is -1.91. The van der Waals surface area contributed by atoms with Crippen LogP contribution in [0.3, 0.4) is 0 Å². The van der Waals surface area contributed by atoms with E-state index < -0.39 is 59.8 Å². The standard InChI is InChI=1S/C86H115N9O23/c1-58(2)78(91-76(97)26-31-108-33-35-110-37-39-112-41-43-114-45-46-115-44-42-113-40-38-111-36-34-109-32-27-87-75(96)25-28-92-77(98)50-66(81(92)101)63-19-15-12-10-9-11-13-16-20-63)80(100)89-61(5)79(99)90-64-23-21-62(22-24-64)57-118-85(105)95-70-52-74(72(107-8)49-68(70)83(103)94-56-60(4)53-86(94,6)84(95)104)117-30-18-14-17-29-116-73-51-69-67(48-71(73)106-7)82(102)93-55-59(3)47-65(93)54-88-69/h9-13,15-16,19-24,48-49,51-52,54-56,58,61,65-66,78,81,84,101,104H,14,17-18,25-47,50,53,57H2,1-8H3,(H,87,96)(H,89,100)(H,90,99)(H,91,97)/t61-,65-,66?,78-,81?,84-,86-/m0/s1. The Hall–Kier alpha value is -10.1. The molecular weight excluding hydrogens is 1530 g/mol. The zero-order valence-corrected chi connectivity index (χ0v) is 68.8. The Morgan fingerprint density at radius 2 is 1.13 bits per heavy atom. The van der Waals surface area contributed by atoms with Gasteiger partial charge in [-0.05, 0) is 101 Å². The van der Waals surface area contributed by atoms with Crippen molar-refractivity contribution in [1.82, 2.24) is 30.7 Å². The van der Waals surface area contributed by atoms with Gasteiger partial charge in [-0.2, -0.15) is 0 Å². The van der Waals surface area contributed by atoms with Crippen molar-refractivity contribution in [2.75, 3.05) is 156 Å². The second kappa shape index (κ2) is 47.5. The average Bonchev–Trinajstić information content (AvgIpc) is 1.57. The molecule has 32 heteroatoms. The van der Waals surface area contributed by atoms with Crippen LogP contribution in [0.2, 0.25) is 0 Å². The summed E-state index contributed by atoms with van der Waals surface area (Å²) in [6.07, 6.45) is 4.88. The van der Waals surface area contributed by atoms with Gasteiger partial charge in [0, 0.05) is 74.7 Å². The third kappa shape index (κ3) is 26.9. The van der Waals surface area contributed by atoms with Crippen LogP contribution in [0.4, 0.5) is 21.9 Å². The van der Waals surface area contributed by atoms with Crippen LogP contribution < -0.4 is 45.1 Å². The minimum Gasteiger partial charge on any atom is -0.493 e. The topological polar surface area (TPSA) is 370 Å². The lowest BCUT2D eigenvalue weighted by atomic mass is 9.93. The number of nitrogens with zero attached hydrogens (tertiary/aromatic N) is 5. The maximum absolute atomic E-state index is 14.4. The molecule has 0 bridgehead atoms. The van der Waals surface area contributed by atoms with Crippen molar-refractivity contribution in [3.05, 3.63) is 149 Å². The van der Waals surface area contributed by atoms with E-state index in [1.165, 1.54) is 43.1 Å². The van der Waals surface area contributed by atoms with Gasteiger partial charge in [0.2, 0.25) is 29.5 Å². The molecule has 642 valence electrons. The van der Waals surface area contributed by atoms with Crippen molar-refractivity contribution < 1.29 is 110 Å². The highest BCUT2D eigenvalue weighted by Gasteiger charge is 2.53.